The first-order chi connectivity index (χ1) is 15.8. The number of amides is 1. The predicted molar refractivity (Wildman–Crippen MR) is 123 cm³/mol. The van der Waals surface area contributed by atoms with E-state index >= 15 is 0 Å². The van der Waals surface area contributed by atoms with Gasteiger partial charge in [-0.1, -0.05) is 18.9 Å². The van der Waals surface area contributed by atoms with Gasteiger partial charge >= 0.3 is 0 Å². The summed E-state index contributed by atoms with van der Waals surface area (Å²) in [5, 5.41) is 2.89. The fraction of sp³-hybridized carbons (Fsp3) is 0.458. The Hall–Kier alpha value is -2.52. The summed E-state index contributed by atoms with van der Waals surface area (Å²) in [6.07, 6.45) is 4.57. The monoisotopic (exact) mass is 477 g/mol. The number of halogens is 2. The molecule has 1 atom stereocenters. The number of hydrogen-bond acceptors (Lipinski definition) is 4. The van der Waals surface area contributed by atoms with Crippen LogP contribution in [0.15, 0.2) is 47.4 Å². The van der Waals surface area contributed by atoms with Crippen molar-refractivity contribution < 1.29 is 22.0 Å². The first-order valence-corrected chi connectivity index (χ1v) is 12.9. The molecule has 1 amide bonds. The normalized spacial score (nSPS) is 19.9. The van der Waals surface area contributed by atoms with Crippen molar-refractivity contribution in [2.45, 2.75) is 37.0 Å². The Bertz CT molecular complexity index is 1100. The highest BCUT2D eigenvalue weighted by Gasteiger charge is 2.27. The van der Waals surface area contributed by atoms with Gasteiger partial charge in [0.15, 0.2) is 11.6 Å². The van der Waals surface area contributed by atoms with E-state index in [0.717, 1.165) is 38.2 Å². The van der Waals surface area contributed by atoms with Gasteiger partial charge in [-0.2, -0.15) is 4.31 Å². The number of carbonyl (C=O) groups excluding carboxylic acids is 1. The van der Waals surface area contributed by atoms with E-state index in [-0.39, 0.29) is 16.7 Å². The van der Waals surface area contributed by atoms with Crippen LogP contribution in [0.25, 0.3) is 0 Å². The van der Waals surface area contributed by atoms with Crippen molar-refractivity contribution in [3.63, 3.8) is 0 Å². The van der Waals surface area contributed by atoms with Crippen LogP contribution < -0.4 is 10.2 Å². The summed E-state index contributed by atoms with van der Waals surface area (Å²) in [5.74, 6) is -1.92. The molecule has 0 radical (unpaired) electrons. The zero-order valence-electron chi connectivity index (χ0n) is 18.5. The van der Waals surface area contributed by atoms with Crippen LogP contribution in [0.4, 0.5) is 14.5 Å². The van der Waals surface area contributed by atoms with Crippen molar-refractivity contribution in [2.24, 2.45) is 5.92 Å². The molecule has 6 nitrogen and oxygen atoms in total. The Morgan fingerprint density at radius 3 is 2.45 bits per heavy atom. The molecular weight excluding hydrogens is 448 g/mol. The highest BCUT2D eigenvalue weighted by molar-refractivity contribution is 7.89. The maximum absolute atomic E-state index is 13.5. The third kappa shape index (κ3) is 5.52. The minimum absolute atomic E-state index is 0.141. The van der Waals surface area contributed by atoms with Crippen molar-refractivity contribution in [2.75, 3.05) is 37.6 Å². The first-order valence-electron chi connectivity index (χ1n) is 11.4. The maximum atomic E-state index is 13.5. The van der Waals surface area contributed by atoms with Crippen LogP contribution in [-0.4, -0.2) is 51.4 Å². The van der Waals surface area contributed by atoms with Crippen LogP contribution in [0, 0.1) is 17.6 Å². The number of rotatable bonds is 6. The number of anilines is 1. The smallest absolute Gasteiger partial charge is 0.251 e. The van der Waals surface area contributed by atoms with Crippen LogP contribution in [0.1, 0.15) is 42.5 Å². The van der Waals surface area contributed by atoms with Crippen molar-refractivity contribution >= 4 is 21.6 Å². The van der Waals surface area contributed by atoms with Gasteiger partial charge in [-0.15, -0.1) is 0 Å². The first kappa shape index (κ1) is 23.6. The number of hydrogen-bond donors (Lipinski definition) is 1. The Balaban J connectivity index is 1.36. The lowest BCUT2D eigenvalue weighted by atomic mass is 10.1. The summed E-state index contributed by atoms with van der Waals surface area (Å²) in [6, 6.07) is 10.0. The van der Waals surface area contributed by atoms with E-state index < -0.39 is 21.7 Å². The molecule has 2 saturated heterocycles. The van der Waals surface area contributed by atoms with E-state index in [1.807, 2.05) is 4.90 Å². The number of nitrogens with one attached hydrogen (secondary N) is 1. The molecule has 2 aliphatic heterocycles. The van der Waals surface area contributed by atoms with Crippen LogP contribution in [0.3, 0.4) is 0 Å². The summed E-state index contributed by atoms with van der Waals surface area (Å²) in [4.78, 5) is 14.8. The lowest BCUT2D eigenvalue weighted by Gasteiger charge is -2.20. The van der Waals surface area contributed by atoms with Gasteiger partial charge < -0.3 is 10.2 Å². The SMILES string of the molecule is O=C(NCC1CCN(c2ccc(F)c(F)c2)C1)c1cccc(S(=O)(=O)N2CCCCCC2)c1. The molecule has 178 valence electrons. The molecule has 0 spiro atoms. The van der Waals surface area contributed by atoms with Gasteiger partial charge in [0.2, 0.25) is 10.0 Å². The van der Waals surface area contributed by atoms with E-state index in [1.54, 1.807) is 18.2 Å². The van der Waals surface area contributed by atoms with Crippen LogP contribution in [0.2, 0.25) is 0 Å². The van der Waals surface area contributed by atoms with Gasteiger partial charge in [0, 0.05) is 50.0 Å². The van der Waals surface area contributed by atoms with Gasteiger partial charge in [0.05, 0.1) is 4.90 Å². The topological polar surface area (TPSA) is 69.7 Å². The fourth-order valence-corrected chi connectivity index (χ4v) is 6.05. The molecule has 1 N–H and O–H groups in total. The summed E-state index contributed by atoms with van der Waals surface area (Å²) in [5.41, 5.74) is 0.926. The molecule has 0 bridgehead atoms. The summed E-state index contributed by atoms with van der Waals surface area (Å²) in [6.45, 7) is 2.75. The molecule has 2 aromatic carbocycles. The van der Waals surface area contributed by atoms with Crippen LogP contribution in [-0.2, 0) is 10.0 Å². The minimum atomic E-state index is -3.63. The molecule has 2 fully saturated rings. The molecule has 2 heterocycles. The van der Waals surface area contributed by atoms with Gasteiger partial charge in [-0.25, -0.2) is 17.2 Å². The predicted octanol–water partition coefficient (Wildman–Crippen LogP) is 3.79. The van der Waals surface area contributed by atoms with Gasteiger partial charge in [-0.05, 0) is 55.5 Å². The third-order valence-electron chi connectivity index (χ3n) is 6.40. The average Bonchev–Trinajstić information content (AvgIpc) is 3.11. The lowest BCUT2D eigenvalue weighted by molar-refractivity contribution is 0.0948. The molecule has 2 aliphatic rings. The molecule has 0 aromatic heterocycles. The number of nitrogens with zero attached hydrogens (tertiary/aromatic N) is 2. The molecule has 1 unspecified atom stereocenters. The van der Waals surface area contributed by atoms with Crippen LogP contribution >= 0.6 is 0 Å². The molecule has 9 heteroatoms. The Kier molecular flexibility index (Phi) is 7.29. The van der Waals surface area contributed by atoms with E-state index in [0.29, 0.717) is 44.0 Å². The Labute approximate surface area is 193 Å². The van der Waals surface area contributed by atoms with E-state index in [2.05, 4.69) is 5.32 Å². The maximum Gasteiger partial charge on any atom is 0.251 e. The van der Waals surface area contributed by atoms with Gasteiger partial charge in [-0.3, -0.25) is 4.79 Å². The second kappa shape index (κ2) is 10.2. The number of benzene rings is 2. The number of carbonyl (C=O) groups is 1. The van der Waals surface area contributed by atoms with Crippen LogP contribution in [0.5, 0.6) is 0 Å². The molecule has 33 heavy (non-hydrogen) atoms. The molecule has 0 saturated carbocycles. The molecular formula is C24H29F2N3O3S. The standard InChI is InChI=1S/C24H29F2N3O3S/c25-22-9-8-20(15-23(22)26)28-13-10-18(17-28)16-27-24(30)19-6-5-7-21(14-19)33(31,32)29-11-3-1-2-4-12-29/h5-9,14-15,18H,1-4,10-13,16-17H2,(H,27,30). The minimum Gasteiger partial charge on any atom is -0.371 e. The fourth-order valence-electron chi connectivity index (χ4n) is 4.48. The Morgan fingerprint density at radius 1 is 0.970 bits per heavy atom. The van der Waals surface area contributed by atoms with E-state index in [1.165, 1.54) is 22.5 Å². The van der Waals surface area contributed by atoms with Gasteiger partial charge in [0.25, 0.3) is 5.91 Å². The van der Waals surface area contributed by atoms with Crippen molar-refractivity contribution in [3.05, 3.63) is 59.7 Å². The zero-order chi connectivity index (χ0) is 23.4. The second-order valence-electron chi connectivity index (χ2n) is 8.76. The summed E-state index contributed by atoms with van der Waals surface area (Å²) < 4.78 is 54.3. The Morgan fingerprint density at radius 2 is 1.73 bits per heavy atom. The highest BCUT2D eigenvalue weighted by Crippen LogP contribution is 2.25. The summed E-state index contributed by atoms with van der Waals surface area (Å²) >= 11 is 0. The molecule has 4 rings (SSSR count). The largest absolute Gasteiger partial charge is 0.371 e. The summed E-state index contributed by atoms with van der Waals surface area (Å²) in [7, 11) is -3.63. The average molecular weight is 478 g/mol. The second-order valence-corrected chi connectivity index (χ2v) is 10.7. The highest BCUT2D eigenvalue weighted by atomic mass is 32.2. The quantitative estimate of drug-likeness (QED) is 0.688. The van der Waals surface area contributed by atoms with Gasteiger partial charge in [0.1, 0.15) is 0 Å². The van der Waals surface area contributed by atoms with Crippen molar-refractivity contribution in [1.29, 1.82) is 0 Å². The lowest BCUT2D eigenvalue weighted by Crippen LogP contribution is -2.33. The van der Waals surface area contributed by atoms with Crippen molar-refractivity contribution in [3.8, 4) is 0 Å². The van der Waals surface area contributed by atoms with Crippen molar-refractivity contribution in [1.82, 2.24) is 9.62 Å². The van der Waals surface area contributed by atoms with E-state index in [4.69, 9.17) is 0 Å². The number of sulfonamides is 1. The molecule has 0 aliphatic carbocycles. The van der Waals surface area contributed by atoms with E-state index in [9.17, 15) is 22.0 Å². The third-order valence-corrected chi connectivity index (χ3v) is 8.30. The molecule has 2 aromatic rings. The zero-order valence-corrected chi connectivity index (χ0v) is 19.3.